The van der Waals surface area contributed by atoms with Crippen molar-refractivity contribution in [1.82, 2.24) is 9.80 Å². The van der Waals surface area contributed by atoms with Gasteiger partial charge in [-0.3, -0.25) is 4.79 Å². The Hall–Kier alpha value is -1.65. The second-order valence-electron chi connectivity index (χ2n) is 12.7. The Kier molecular flexibility index (Phi) is 5.92. The second-order valence-corrected chi connectivity index (χ2v) is 12.7. The van der Waals surface area contributed by atoms with Crippen molar-refractivity contribution in [3.8, 4) is 0 Å². The number of allylic oxidation sites excluding steroid dienone is 1. The Morgan fingerprint density at radius 3 is 2.57 bits per heavy atom. The highest BCUT2D eigenvalue weighted by Crippen LogP contribution is 2.68. The number of rotatable bonds is 3. The summed E-state index contributed by atoms with van der Waals surface area (Å²) in [5.41, 5.74) is 2.86. The summed E-state index contributed by atoms with van der Waals surface area (Å²) >= 11 is 0. The number of carbonyl (C=O) groups excluding carboxylic acids is 1. The molecule has 1 aromatic carbocycles. The first-order chi connectivity index (χ1) is 16.8. The lowest BCUT2D eigenvalue weighted by Gasteiger charge is -2.55. The van der Waals surface area contributed by atoms with Gasteiger partial charge in [0.05, 0.1) is 0 Å². The highest BCUT2D eigenvalue weighted by atomic mass is 16.3. The van der Waals surface area contributed by atoms with E-state index in [1.54, 1.807) is 5.57 Å². The molecule has 1 aliphatic heterocycles. The first-order valence-electron chi connectivity index (χ1n) is 14.2. The number of hydrogen-bond acceptors (Lipinski definition) is 3. The van der Waals surface area contributed by atoms with Crippen LogP contribution in [0, 0.1) is 35.0 Å². The van der Waals surface area contributed by atoms with Crippen molar-refractivity contribution in [2.45, 2.75) is 89.4 Å². The Labute approximate surface area is 211 Å². The number of nitrogens with zero attached hydrogens (tertiary/aromatic N) is 2. The van der Waals surface area contributed by atoms with Crippen LogP contribution >= 0.6 is 0 Å². The smallest absolute Gasteiger partial charge is 0.256 e. The molecule has 0 bridgehead atoms. The van der Waals surface area contributed by atoms with Crippen molar-refractivity contribution in [2.75, 3.05) is 14.1 Å². The van der Waals surface area contributed by atoms with Crippen LogP contribution in [0.2, 0.25) is 0 Å². The van der Waals surface area contributed by atoms with Crippen molar-refractivity contribution >= 4 is 5.91 Å². The Bertz CT molecular complexity index is 991. The maximum Gasteiger partial charge on any atom is 0.256 e. The molecule has 6 rings (SSSR count). The van der Waals surface area contributed by atoms with Crippen molar-refractivity contribution in [3.63, 3.8) is 0 Å². The zero-order chi connectivity index (χ0) is 24.5. The Balaban J connectivity index is 1.17. The quantitative estimate of drug-likeness (QED) is 0.591. The molecule has 4 nitrogen and oxygen atoms in total. The molecule has 0 aromatic heterocycles. The molecule has 5 aliphatic rings. The molecule has 10 atom stereocenters. The first kappa shape index (κ1) is 23.7. The fourth-order valence-electron chi connectivity index (χ4n) is 10.0. The average Bonchev–Trinajstić information content (AvgIpc) is 3.38. The van der Waals surface area contributed by atoms with Crippen LogP contribution in [0.5, 0.6) is 0 Å². The van der Waals surface area contributed by atoms with Gasteiger partial charge in [-0.25, -0.2) is 0 Å². The molecule has 1 aromatic rings. The maximum absolute atomic E-state index is 13.1. The number of likely N-dealkylation sites (N-methyl/N-ethyl adjacent to an activating group) is 1. The van der Waals surface area contributed by atoms with Crippen molar-refractivity contribution in [3.05, 3.63) is 47.5 Å². The van der Waals surface area contributed by atoms with E-state index in [9.17, 15) is 9.90 Å². The fraction of sp³-hybridized carbons (Fsp3) is 0.710. The molecule has 4 aliphatic carbocycles. The van der Waals surface area contributed by atoms with Crippen LogP contribution in [0.3, 0.4) is 0 Å². The lowest BCUT2D eigenvalue weighted by atomic mass is 9.50. The summed E-state index contributed by atoms with van der Waals surface area (Å²) in [4.78, 5) is 17.6. The van der Waals surface area contributed by atoms with Gasteiger partial charge in [-0.1, -0.05) is 42.0 Å². The van der Waals surface area contributed by atoms with Crippen LogP contribution in [0.15, 0.2) is 42.0 Å². The molecule has 4 heteroatoms. The first-order valence-corrected chi connectivity index (χ1v) is 14.2. The third-order valence-electron chi connectivity index (χ3n) is 11.9. The minimum absolute atomic E-state index is 0.168. The molecule has 1 heterocycles. The van der Waals surface area contributed by atoms with Crippen molar-refractivity contribution in [2.24, 2.45) is 35.0 Å². The lowest BCUT2D eigenvalue weighted by molar-refractivity contribution is -0.142. The van der Waals surface area contributed by atoms with E-state index in [0.29, 0.717) is 17.0 Å². The normalized spacial score (nSPS) is 43.4. The summed E-state index contributed by atoms with van der Waals surface area (Å²) in [6.07, 6.45) is 11.7. The number of benzene rings is 1. The van der Waals surface area contributed by atoms with Crippen LogP contribution in [-0.4, -0.2) is 53.0 Å². The van der Waals surface area contributed by atoms with E-state index >= 15 is 0 Å². The summed E-state index contributed by atoms with van der Waals surface area (Å²) in [5, 5.41) is 10.7. The molecule has 1 N–H and O–H groups in total. The third kappa shape index (κ3) is 3.42. The van der Waals surface area contributed by atoms with Crippen LogP contribution in [0.25, 0.3) is 0 Å². The van der Waals surface area contributed by atoms with Crippen LogP contribution < -0.4 is 0 Å². The largest absolute Gasteiger partial charge is 0.378 e. The molecular weight excluding hydrogens is 432 g/mol. The molecule has 35 heavy (non-hydrogen) atoms. The van der Waals surface area contributed by atoms with Gasteiger partial charge >= 0.3 is 0 Å². The summed E-state index contributed by atoms with van der Waals surface area (Å²) in [6, 6.07) is 11.0. The number of fused-ring (bicyclic) bond motifs is 4. The molecule has 0 radical (unpaired) electrons. The number of aliphatic hydroxyl groups is 1. The second kappa shape index (κ2) is 8.73. The Morgan fingerprint density at radius 2 is 1.80 bits per heavy atom. The zero-order valence-electron chi connectivity index (χ0n) is 22.1. The number of aliphatic hydroxyl groups excluding tert-OH is 1. The van der Waals surface area contributed by atoms with Gasteiger partial charge in [0.2, 0.25) is 0 Å². The minimum Gasteiger partial charge on any atom is -0.378 e. The van der Waals surface area contributed by atoms with Gasteiger partial charge in [-0.2, -0.15) is 0 Å². The highest BCUT2D eigenvalue weighted by Gasteiger charge is 2.65. The van der Waals surface area contributed by atoms with Crippen LogP contribution in [0.4, 0.5) is 0 Å². The highest BCUT2D eigenvalue weighted by molar-refractivity contribution is 5.82. The van der Waals surface area contributed by atoms with E-state index in [0.717, 1.165) is 48.5 Å². The molecule has 1 spiro atoms. The Morgan fingerprint density at radius 1 is 1.06 bits per heavy atom. The van der Waals surface area contributed by atoms with Crippen LogP contribution in [0.1, 0.15) is 76.9 Å². The topological polar surface area (TPSA) is 43.8 Å². The molecular formula is C31H44N2O2. The van der Waals surface area contributed by atoms with Gasteiger partial charge in [0.15, 0.2) is 6.10 Å². The van der Waals surface area contributed by atoms with E-state index in [2.05, 4.69) is 31.9 Å². The third-order valence-corrected chi connectivity index (χ3v) is 11.9. The van der Waals surface area contributed by atoms with E-state index in [1.165, 1.54) is 38.5 Å². The number of hydrogen-bond donors (Lipinski definition) is 1. The molecule has 1 saturated heterocycles. The van der Waals surface area contributed by atoms with Crippen molar-refractivity contribution in [1.29, 1.82) is 0 Å². The van der Waals surface area contributed by atoms with Gasteiger partial charge in [0, 0.05) is 25.2 Å². The van der Waals surface area contributed by atoms with Crippen LogP contribution in [-0.2, 0) is 4.79 Å². The van der Waals surface area contributed by atoms with E-state index in [-0.39, 0.29) is 11.9 Å². The number of likely N-dealkylation sites (tertiary alicyclic amines) is 1. The molecule has 4 fully saturated rings. The van der Waals surface area contributed by atoms with Gasteiger partial charge in [-0.15, -0.1) is 0 Å². The monoisotopic (exact) mass is 476 g/mol. The lowest BCUT2D eigenvalue weighted by Crippen LogP contribution is -2.51. The average molecular weight is 477 g/mol. The SMILES string of the molecule is CC1C2CCC3C4CC=C5CC(N(C)C(=O)C(O)c6ccccc6)CCC5C4CCC32[C@H](C)N1C. The van der Waals surface area contributed by atoms with Gasteiger partial charge in [0.25, 0.3) is 5.91 Å². The number of amides is 1. The summed E-state index contributed by atoms with van der Waals surface area (Å²) < 4.78 is 0. The molecule has 1 amide bonds. The van der Waals surface area contributed by atoms with Gasteiger partial charge < -0.3 is 14.9 Å². The minimum atomic E-state index is -1.07. The van der Waals surface area contributed by atoms with Gasteiger partial charge in [0.1, 0.15) is 0 Å². The van der Waals surface area contributed by atoms with Crippen molar-refractivity contribution < 1.29 is 9.90 Å². The molecule has 9 unspecified atom stereocenters. The van der Waals surface area contributed by atoms with E-state index in [1.807, 2.05) is 42.3 Å². The van der Waals surface area contributed by atoms with Gasteiger partial charge in [-0.05, 0) is 113 Å². The predicted molar refractivity (Wildman–Crippen MR) is 140 cm³/mol. The summed E-state index contributed by atoms with van der Waals surface area (Å²) in [6.45, 7) is 5.01. The molecule has 3 saturated carbocycles. The molecule has 190 valence electrons. The van der Waals surface area contributed by atoms with E-state index < -0.39 is 6.10 Å². The predicted octanol–water partition coefficient (Wildman–Crippen LogP) is 5.44. The standard InChI is InChI=1S/C31H44N2O2/c1-19-27-14-15-28-26-12-10-22-18-23(33(4)30(35)29(34)21-8-6-5-7-9-21)11-13-24(22)25(26)16-17-31(27,28)20(2)32(19)3/h5-10,19-20,23-29,34H,11-18H2,1-4H3/t19?,20-,23?,24?,25?,26?,27?,28?,29?,31?/m0/s1. The fourth-order valence-corrected chi connectivity index (χ4v) is 10.0. The zero-order valence-corrected chi connectivity index (χ0v) is 22.1. The number of carbonyl (C=O) groups is 1. The maximum atomic E-state index is 13.1. The van der Waals surface area contributed by atoms with E-state index in [4.69, 9.17) is 0 Å². The summed E-state index contributed by atoms with van der Waals surface area (Å²) in [5.74, 6) is 4.05. The summed E-state index contributed by atoms with van der Waals surface area (Å²) in [7, 11) is 4.27.